The average molecular weight is 739 g/mol. The van der Waals surface area contributed by atoms with Crippen LogP contribution >= 0.6 is 23.1 Å². The van der Waals surface area contributed by atoms with E-state index in [2.05, 4.69) is 42.8 Å². The van der Waals surface area contributed by atoms with Crippen molar-refractivity contribution in [2.45, 2.75) is 57.1 Å². The quantitative estimate of drug-likeness (QED) is 0.0976. The maximum absolute atomic E-state index is 14.1. The molecular weight excluding hydrogens is 697 g/mol. The number of hydrogen-bond acceptors (Lipinski definition) is 6. The van der Waals surface area contributed by atoms with E-state index in [1.807, 2.05) is 85.8 Å². The molecule has 2 unspecified atom stereocenters. The molecule has 0 bridgehead atoms. The first-order valence-corrected chi connectivity index (χ1v) is 19.3. The van der Waals surface area contributed by atoms with Gasteiger partial charge in [0, 0.05) is 21.0 Å². The highest BCUT2D eigenvalue weighted by Crippen LogP contribution is 2.45. The van der Waals surface area contributed by atoms with E-state index in [1.54, 1.807) is 36.4 Å². The first kappa shape index (κ1) is 37.3. The Labute approximate surface area is 319 Å². The van der Waals surface area contributed by atoms with Crippen LogP contribution in [0.2, 0.25) is 0 Å². The number of carbonyl (C=O) groups is 3. The van der Waals surface area contributed by atoms with Gasteiger partial charge in [0.1, 0.15) is 22.0 Å². The number of anilines is 2. The molecule has 1 aromatic heterocycles. The van der Waals surface area contributed by atoms with E-state index in [-0.39, 0.29) is 17.0 Å². The molecule has 1 aliphatic rings. The third-order valence-electron chi connectivity index (χ3n) is 9.54. The first-order valence-electron chi connectivity index (χ1n) is 17.6. The zero-order chi connectivity index (χ0) is 37.5. The van der Waals surface area contributed by atoms with Gasteiger partial charge in [0.15, 0.2) is 0 Å². The van der Waals surface area contributed by atoms with Crippen molar-refractivity contribution in [1.82, 2.24) is 5.32 Å². The lowest BCUT2D eigenvalue weighted by Gasteiger charge is -2.33. The van der Waals surface area contributed by atoms with E-state index in [0.717, 1.165) is 46.4 Å². The van der Waals surface area contributed by atoms with Crippen LogP contribution in [0.15, 0.2) is 120 Å². The third kappa shape index (κ3) is 9.15. The Morgan fingerprint density at radius 3 is 2.30 bits per heavy atom. The molecule has 268 valence electrons. The number of thiophene rings is 1. The minimum absolute atomic E-state index is 0.0912. The summed E-state index contributed by atoms with van der Waals surface area (Å²) in [7, 11) is 0. The van der Waals surface area contributed by atoms with Crippen LogP contribution in [0.3, 0.4) is 0 Å². The lowest BCUT2D eigenvalue weighted by Crippen LogP contribution is -2.30. The summed E-state index contributed by atoms with van der Waals surface area (Å²) in [6, 6.07) is 35.6. The SMILES string of the molecule is Cc1ccccc1/C=C(\NC(=O)c1ccccc1)C(=O)Nc1cccc(SC(C(=O)Nc2sc3c(c2C#N)CCC(C(C)(C)C)C3)c2ccccc2)c1. The van der Waals surface area contributed by atoms with E-state index >= 15 is 0 Å². The Morgan fingerprint density at radius 2 is 1.60 bits per heavy atom. The van der Waals surface area contributed by atoms with Gasteiger partial charge in [0.05, 0.1) is 5.56 Å². The normalized spacial score (nSPS) is 14.7. The molecule has 6 rings (SSSR count). The molecule has 1 aliphatic carbocycles. The molecule has 3 N–H and O–H groups in total. The van der Waals surface area contributed by atoms with E-state index in [1.165, 1.54) is 28.0 Å². The van der Waals surface area contributed by atoms with Crippen molar-refractivity contribution in [3.8, 4) is 6.07 Å². The van der Waals surface area contributed by atoms with E-state index in [9.17, 15) is 19.6 Å². The fraction of sp³-hybridized carbons (Fsp3) is 0.227. The van der Waals surface area contributed by atoms with Crippen LogP contribution in [0.25, 0.3) is 6.08 Å². The van der Waals surface area contributed by atoms with Crippen LogP contribution in [0.5, 0.6) is 0 Å². The zero-order valence-corrected chi connectivity index (χ0v) is 31.9. The fourth-order valence-electron chi connectivity index (χ4n) is 6.44. The maximum atomic E-state index is 14.1. The van der Waals surface area contributed by atoms with Gasteiger partial charge in [-0.1, -0.05) is 99.6 Å². The lowest BCUT2D eigenvalue weighted by molar-refractivity contribution is -0.116. The van der Waals surface area contributed by atoms with Crippen LogP contribution in [0.1, 0.15) is 75.5 Å². The predicted molar refractivity (Wildman–Crippen MR) is 216 cm³/mol. The van der Waals surface area contributed by atoms with Crippen molar-refractivity contribution < 1.29 is 14.4 Å². The van der Waals surface area contributed by atoms with Crippen molar-refractivity contribution in [3.63, 3.8) is 0 Å². The molecule has 1 heterocycles. The number of fused-ring (bicyclic) bond motifs is 1. The number of nitriles is 1. The average Bonchev–Trinajstić information content (AvgIpc) is 3.51. The summed E-state index contributed by atoms with van der Waals surface area (Å²) < 4.78 is 0. The fourth-order valence-corrected chi connectivity index (χ4v) is 8.80. The number of amides is 3. The highest BCUT2D eigenvalue weighted by Gasteiger charge is 2.33. The molecule has 5 aromatic rings. The van der Waals surface area contributed by atoms with Crippen LogP contribution in [0, 0.1) is 29.6 Å². The van der Waals surface area contributed by atoms with E-state index in [4.69, 9.17) is 0 Å². The standard InChI is InChI=1S/C44H42N4O3S2/c1-28-14-11-12-19-31(28)24-37(47-40(49)30-17-9-6-10-18-30)41(50)46-33-20-13-21-34(26-33)52-39(29-15-7-5-8-16-29)42(51)48-43-36(27-45)35-23-22-32(44(2,3)4)25-38(35)53-43/h5-21,24,26,32,39H,22-23,25H2,1-4H3,(H,46,50)(H,47,49)(H,48,51)/b37-24-. The lowest BCUT2D eigenvalue weighted by atomic mass is 9.72. The Bertz CT molecular complexity index is 2200. The Balaban J connectivity index is 1.24. The van der Waals surface area contributed by atoms with Crippen molar-refractivity contribution in [1.29, 1.82) is 5.26 Å². The molecule has 0 fully saturated rings. The number of nitrogens with one attached hydrogen (secondary N) is 3. The first-order chi connectivity index (χ1) is 25.5. The van der Waals surface area contributed by atoms with E-state index in [0.29, 0.717) is 27.7 Å². The molecule has 53 heavy (non-hydrogen) atoms. The summed E-state index contributed by atoms with van der Waals surface area (Å²) in [4.78, 5) is 43.0. The second-order valence-electron chi connectivity index (χ2n) is 14.2. The predicted octanol–water partition coefficient (Wildman–Crippen LogP) is 9.96. The molecule has 3 amide bonds. The number of benzene rings is 4. The summed E-state index contributed by atoms with van der Waals surface area (Å²) in [6.07, 6.45) is 4.43. The molecule has 0 radical (unpaired) electrons. The summed E-state index contributed by atoms with van der Waals surface area (Å²) in [5.41, 5.74) is 5.38. The second-order valence-corrected chi connectivity index (χ2v) is 16.5. The van der Waals surface area contributed by atoms with Crippen molar-refractivity contribution in [2.75, 3.05) is 10.6 Å². The topological polar surface area (TPSA) is 111 Å². The minimum atomic E-state index is -0.642. The molecule has 9 heteroatoms. The maximum Gasteiger partial charge on any atom is 0.272 e. The number of carbonyl (C=O) groups excluding carboxylic acids is 3. The molecule has 0 saturated heterocycles. The van der Waals surface area contributed by atoms with Crippen LogP contribution < -0.4 is 16.0 Å². The van der Waals surface area contributed by atoms with Gasteiger partial charge in [-0.3, -0.25) is 14.4 Å². The molecule has 0 spiro atoms. The van der Waals surface area contributed by atoms with Gasteiger partial charge in [-0.2, -0.15) is 5.26 Å². The zero-order valence-electron chi connectivity index (χ0n) is 30.2. The van der Waals surface area contributed by atoms with Crippen molar-refractivity contribution in [3.05, 3.63) is 153 Å². The Hall–Kier alpha value is -5.43. The second kappa shape index (κ2) is 16.5. The van der Waals surface area contributed by atoms with Crippen LogP contribution in [0.4, 0.5) is 10.7 Å². The van der Waals surface area contributed by atoms with Gasteiger partial charge in [0.25, 0.3) is 11.8 Å². The smallest absolute Gasteiger partial charge is 0.272 e. The van der Waals surface area contributed by atoms with Gasteiger partial charge < -0.3 is 16.0 Å². The summed E-state index contributed by atoms with van der Waals surface area (Å²) >= 11 is 2.88. The van der Waals surface area contributed by atoms with Gasteiger partial charge >= 0.3 is 0 Å². The number of rotatable bonds is 10. The monoisotopic (exact) mass is 738 g/mol. The highest BCUT2D eigenvalue weighted by molar-refractivity contribution is 8.00. The van der Waals surface area contributed by atoms with Gasteiger partial charge in [0.2, 0.25) is 5.91 Å². The number of nitrogens with zero attached hydrogens (tertiary/aromatic N) is 1. The highest BCUT2D eigenvalue weighted by atomic mass is 32.2. The van der Waals surface area contributed by atoms with Gasteiger partial charge in [-0.05, 0) is 96.2 Å². The van der Waals surface area contributed by atoms with Crippen molar-refractivity contribution >= 4 is 57.6 Å². The molecule has 4 aromatic carbocycles. The summed E-state index contributed by atoms with van der Waals surface area (Å²) in [5, 5.41) is 19.0. The van der Waals surface area contributed by atoms with Gasteiger partial charge in [-0.25, -0.2) is 0 Å². The molecule has 0 aliphatic heterocycles. The Morgan fingerprint density at radius 1 is 0.906 bits per heavy atom. The Kier molecular flexibility index (Phi) is 11.6. The molecule has 2 atom stereocenters. The summed E-state index contributed by atoms with van der Waals surface area (Å²) in [6.45, 7) is 8.72. The van der Waals surface area contributed by atoms with Crippen LogP contribution in [-0.2, 0) is 22.4 Å². The molecule has 0 saturated carbocycles. The van der Waals surface area contributed by atoms with Gasteiger partial charge in [-0.15, -0.1) is 23.1 Å². The molecule has 7 nitrogen and oxygen atoms in total. The molecular formula is C44H42N4O3S2. The van der Waals surface area contributed by atoms with Crippen molar-refractivity contribution in [2.24, 2.45) is 11.3 Å². The number of aryl methyl sites for hydroxylation is 1. The largest absolute Gasteiger partial charge is 0.321 e. The number of thioether (sulfide) groups is 1. The third-order valence-corrected chi connectivity index (χ3v) is 12.0. The minimum Gasteiger partial charge on any atom is -0.321 e. The van der Waals surface area contributed by atoms with Crippen LogP contribution in [-0.4, -0.2) is 17.7 Å². The van der Waals surface area contributed by atoms with E-state index < -0.39 is 17.1 Å². The number of hydrogen-bond donors (Lipinski definition) is 3. The summed E-state index contributed by atoms with van der Waals surface area (Å²) in [5.74, 6) is -0.610.